The zero-order chi connectivity index (χ0) is 13.2. The van der Waals surface area contributed by atoms with Gasteiger partial charge in [0.2, 0.25) is 6.79 Å². The quantitative estimate of drug-likeness (QED) is 0.879. The fourth-order valence-corrected chi connectivity index (χ4v) is 2.27. The minimum absolute atomic E-state index is 0. The van der Waals surface area contributed by atoms with Crippen molar-refractivity contribution in [3.63, 3.8) is 0 Å². The molecule has 0 aliphatic carbocycles. The molecule has 1 aromatic rings. The number of halogens is 1. The SMILES string of the molecule is Cl.NC[C@H]1CC[C@@H](C(=O)Nc2ccc3c(c2)OCO3)O1. The zero-order valence-electron chi connectivity index (χ0n) is 10.8. The molecule has 0 spiro atoms. The van der Waals surface area contributed by atoms with Crippen molar-refractivity contribution in [1.29, 1.82) is 0 Å². The number of nitrogens with two attached hydrogens (primary N) is 1. The first-order valence-electron chi connectivity index (χ1n) is 6.32. The van der Waals surface area contributed by atoms with E-state index in [0.29, 0.717) is 30.2 Å². The smallest absolute Gasteiger partial charge is 0.253 e. The Hall–Kier alpha value is -1.50. The summed E-state index contributed by atoms with van der Waals surface area (Å²) in [5.41, 5.74) is 6.20. The van der Waals surface area contributed by atoms with Crippen LogP contribution < -0.4 is 20.5 Å². The van der Waals surface area contributed by atoms with Gasteiger partial charge in [-0.2, -0.15) is 0 Å². The van der Waals surface area contributed by atoms with Gasteiger partial charge in [0.1, 0.15) is 6.10 Å². The van der Waals surface area contributed by atoms with Crippen LogP contribution in [0.1, 0.15) is 12.8 Å². The molecule has 0 aromatic heterocycles. The molecule has 1 aromatic carbocycles. The van der Waals surface area contributed by atoms with Gasteiger partial charge < -0.3 is 25.3 Å². The van der Waals surface area contributed by atoms with Gasteiger partial charge in [0.25, 0.3) is 5.91 Å². The molecule has 6 nitrogen and oxygen atoms in total. The van der Waals surface area contributed by atoms with Crippen molar-refractivity contribution in [3.05, 3.63) is 18.2 Å². The second kappa shape index (κ2) is 6.30. The molecule has 2 heterocycles. The highest BCUT2D eigenvalue weighted by atomic mass is 35.5. The van der Waals surface area contributed by atoms with E-state index in [4.69, 9.17) is 19.9 Å². The first kappa shape index (κ1) is 14.9. The number of fused-ring (bicyclic) bond motifs is 1. The summed E-state index contributed by atoms with van der Waals surface area (Å²) >= 11 is 0. The van der Waals surface area contributed by atoms with E-state index in [1.54, 1.807) is 18.2 Å². The van der Waals surface area contributed by atoms with Crippen molar-refractivity contribution in [3.8, 4) is 11.5 Å². The lowest BCUT2D eigenvalue weighted by molar-refractivity contribution is -0.126. The first-order chi connectivity index (χ1) is 9.26. The average Bonchev–Trinajstić information content (AvgIpc) is 3.06. The van der Waals surface area contributed by atoms with E-state index < -0.39 is 6.10 Å². The Bertz CT molecular complexity index is 497. The van der Waals surface area contributed by atoms with Crippen LogP contribution in [0.25, 0.3) is 0 Å². The first-order valence-corrected chi connectivity index (χ1v) is 6.32. The minimum Gasteiger partial charge on any atom is -0.454 e. The fraction of sp³-hybridized carbons (Fsp3) is 0.462. The van der Waals surface area contributed by atoms with Crippen LogP contribution in [-0.4, -0.2) is 31.5 Å². The number of rotatable bonds is 3. The zero-order valence-corrected chi connectivity index (χ0v) is 11.7. The van der Waals surface area contributed by atoms with Crippen molar-refractivity contribution in [2.75, 3.05) is 18.7 Å². The van der Waals surface area contributed by atoms with Gasteiger partial charge in [-0.05, 0) is 25.0 Å². The van der Waals surface area contributed by atoms with Crippen LogP contribution in [-0.2, 0) is 9.53 Å². The summed E-state index contributed by atoms with van der Waals surface area (Å²) < 4.78 is 16.0. The Labute approximate surface area is 123 Å². The van der Waals surface area contributed by atoms with Crippen LogP contribution in [0.15, 0.2) is 18.2 Å². The van der Waals surface area contributed by atoms with E-state index in [0.717, 1.165) is 6.42 Å². The van der Waals surface area contributed by atoms with Crippen molar-refractivity contribution in [2.24, 2.45) is 5.73 Å². The normalized spacial score (nSPS) is 23.2. The van der Waals surface area contributed by atoms with Gasteiger partial charge in [-0.25, -0.2) is 0 Å². The topological polar surface area (TPSA) is 82.8 Å². The summed E-state index contributed by atoms with van der Waals surface area (Å²) in [6, 6.07) is 5.30. The Morgan fingerprint density at radius 2 is 2.10 bits per heavy atom. The fourth-order valence-electron chi connectivity index (χ4n) is 2.27. The number of carbonyl (C=O) groups excluding carboxylic acids is 1. The molecule has 0 saturated carbocycles. The van der Waals surface area contributed by atoms with E-state index in [1.807, 2.05) is 0 Å². The predicted octanol–water partition coefficient (Wildman–Crippen LogP) is 1.28. The Morgan fingerprint density at radius 1 is 1.30 bits per heavy atom. The van der Waals surface area contributed by atoms with Gasteiger partial charge >= 0.3 is 0 Å². The van der Waals surface area contributed by atoms with Crippen LogP contribution >= 0.6 is 12.4 Å². The van der Waals surface area contributed by atoms with E-state index in [9.17, 15) is 4.79 Å². The lowest BCUT2D eigenvalue weighted by atomic mass is 10.2. The summed E-state index contributed by atoms with van der Waals surface area (Å²) in [6.45, 7) is 0.671. The van der Waals surface area contributed by atoms with Gasteiger partial charge in [-0.1, -0.05) is 0 Å². The Balaban J connectivity index is 0.00000147. The van der Waals surface area contributed by atoms with Crippen LogP contribution in [0, 0.1) is 0 Å². The third-order valence-corrected chi connectivity index (χ3v) is 3.30. The van der Waals surface area contributed by atoms with E-state index in [1.165, 1.54) is 0 Å². The highest BCUT2D eigenvalue weighted by Gasteiger charge is 2.30. The van der Waals surface area contributed by atoms with Gasteiger partial charge in [0, 0.05) is 18.3 Å². The molecule has 3 N–H and O–H groups in total. The summed E-state index contributed by atoms with van der Waals surface area (Å²) in [5.74, 6) is 1.19. The summed E-state index contributed by atoms with van der Waals surface area (Å²) in [6.07, 6.45) is 1.11. The number of benzene rings is 1. The van der Waals surface area contributed by atoms with Crippen LogP contribution in [0.5, 0.6) is 11.5 Å². The van der Waals surface area contributed by atoms with E-state index in [2.05, 4.69) is 5.32 Å². The molecule has 1 fully saturated rings. The molecular weight excluding hydrogens is 284 g/mol. The molecule has 0 bridgehead atoms. The number of nitrogens with one attached hydrogen (secondary N) is 1. The molecule has 1 saturated heterocycles. The molecule has 110 valence electrons. The summed E-state index contributed by atoms with van der Waals surface area (Å²) in [4.78, 5) is 12.0. The number of anilines is 1. The van der Waals surface area contributed by atoms with Crippen LogP contribution in [0.4, 0.5) is 5.69 Å². The molecule has 1 amide bonds. The largest absolute Gasteiger partial charge is 0.454 e. The van der Waals surface area contributed by atoms with E-state index >= 15 is 0 Å². The number of hydrogen-bond acceptors (Lipinski definition) is 5. The molecule has 0 unspecified atom stereocenters. The van der Waals surface area contributed by atoms with Crippen LogP contribution in [0.3, 0.4) is 0 Å². The Morgan fingerprint density at radius 3 is 2.85 bits per heavy atom. The van der Waals surface area contributed by atoms with Gasteiger partial charge in [-0.3, -0.25) is 4.79 Å². The maximum atomic E-state index is 12.0. The molecule has 0 radical (unpaired) electrons. The van der Waals surface area contributed by atoms with Gasteiger partial charge in [-0.15, -0.1) is 12.4 Å². The molecule has 2 atom stereocenters. The highest BCUT2D eigenvalue weighted by molar-refractivity contribution is 5.94. The average molecular weight is 301 g/mol. The van der Waals surface area contributed by atoms with Crippen LogP contribution in [0.2, 0.25) is 0 Å². The molecule has 20 heavy (non-hydrogen) atoms. The summed E-state index contributed by atoms with van der Waals surface area (Å²) in [5, 5.41) is 2.82. The number of carbonyl (C=O) groups is 1. The number of hydrogen-bond donors (Lipinski definition) is 2. The molecule has 7 heteroatoms. The molecular formula is C13H17ClN2O4. The molecule has 2 aliphatic heterocycles. The predicted molar refractivity (Wildman–Crippen MR) is 75.4 cm³/mol. The highest BCUT2D eigenvalue weighted by Crippen LogP contribution is 2.34. The van der Waals surface area contributed by atoms with Gasteiger partial charge in [0.05, 0.1) is 6.10 Å². The standard InChI is InChI=1S/C13H16N2O4.ClH/c14-6-9-2-4-11(19-9)13(16)15-8-1-3-10-12(5-8)18-7-17-10;/h1,3,5,9,11H,2,4,6-7,14H2,(H,15,16);1H/t9-,11+;/m1./s1. The number of amides is 1. The second-order valence-corrected chi connectivity index (χ2v) is 4.62. The molecule has 3 rings (SSSR count). The van der Waals surface area contributed by atoms with Gasteiger partial charge in [0.15, 0.2) is 11.5 Å². The second-order valence-electron chi connectivity index (χ2n) is 4.62. The van der Waals surface area contributed by atoms with E-state index in [-0.39, 0.29) is 31.2 Å². The summed E-state index contributed by atoms with van der Waals surface area (Å²) in [7, 11) is 0. The lowest BCUT2D eigenvalue weighted by Gasteiger charge is -2.12. The minimum atomic E-state index is -0.418. The van der Waals surface area contributed by atoms with Crippen molar-refractivity contribution in [1.82, 2.24) is 0 Å². The monoisotopic (exact) mass is 300 g/mol. The number of ether oxygens (including phenoxy) is 3. The third kappa shape index (κ3) is 2.98. The van der Waals surface area contributed by atoms with Crippen molar-refractivity contribution >= 4 is 24.0 Å². The maximum Gasteiger partial charge on any atom is 0.253 e. The maximum absolute atomic E-state index is 12.0. The van der Waals surface area contributed by atoms with Crippen molar-refractivity contribution in [2.45, 2.75) is 25.0 Å². The lowest BCUT2D eigenvalue weighted by Crippen LogP contribution is -2.29. The Kier molecular flexibility index (Phi) is 4.69. The van der Waals surface area contributed by atoms with Crippen molar-refractivity contribution < 1.29 is 19.0 Å². The third-order valence-electron chi connectivity index (χ3n) is 3.30. The molecule has 2 aliphatic rings.